The van der Waals surface area contributed by atoms with Crippen LogP contribution in [0.4, 0.5) is 4.79 Å². The number of alkyl carbamates (subject to hydrolysis) is 1. The van der Waals surface area contributed by atoms with Crippen LogP contribution < -0.4 is 15.5 Å². The average Bonchev–Trinajstić information content (AvgIpc) is 2.88. The van der Waals surface area contributed by atoms with E-state index in [2.05, 4.69) is 15.8 Å². The summed E-state index contributed by atoms with van der Waals surface area (Å²) in [6.45, 7) is 5.80. The van der Waals surface area contributed by atoms with E-state index in [9.17, 15) is 9.59 Å². The van der Waals surface area contributed by atoms with E-state index in [1.165, 1.54) is 6.21 Å². The molecule has 0 fully saturated rings. The lowest BCUT2D eigenvalue weighted by Gasteiger charge is -2.22. The van der Waals surface area contributed by atoms with Gasteiger partial charge in [0.25, 0.3) is 5.91 Å². The number of carbonyl (C=O) groups excluding carboxylic acids is 2. The molecule has 2 amide bonds. The Labute approximate surface area is 227 Å². The first-order chi connectivity index (χ1) is 18.2. The van der Waals surface area contributed by atoms with Crippen LogP contribution in [0.1, 0.15) is 37.5 Å². The van der Waals surface area contributed by atoms with Gasteiger partial charge in [-0.05, 0) is 62.2 Å². The molecule has 0 spiro atoms. The molecule has 0 bridgehead atoms. The molecule has 0 saturated heterocycles. The minimum absolute atomic E-state index is 0.0625. The number of amides is 2. The van der Waals surface area contributed by atoms with E-state index in [4.69, 9.17) is 25.8 Å². The summed E-state index contributed by atoms with van der Waals surface area (Å²) in [7, 11) is 0. The smallest absolute Gasteiger partial charge is 0.408 e. The lowest BCUT2D eigenvalue weighted by Crippen LogP contribution is -2.49. The summed E-state index contributed by atoms with van der Waals surface area (Å²) in [6.07, 6.45) is 0.766. The molecule has 0 aliphatic heterocycles. The summed E-state index contributed by atoms with van der Waals surface area (Å²) in [5.74, 6) is 0.128. The number of rotatable bonds is 11. The summed E-state index contributed by atoms with van der Waals surface area (Å²) in [4.78, 5) is 25.0. The zero-order chi connectivity index (χ0) is 27.4. The Balaban J connectivity index is 1.53. The van der Waals surface area contributed by atoms with Crippen molar-refractivity contribution < 1.29 is 23.8 Å². The van der Waals surface area contributed by atoms with Crippen LogP contribution in [0.5, 0.6) is 5.75 Å². The van der Waals surface area contributed by atoms with Crippen molar-refractivity contribution in [3.05, 3.63) is 101 Å². The highest BCUT2D eigenvalue weighted by molar-refractivity contribution is 6.31. The van der Waals surface area contributed by atoms with Crippen molar-refractivity contribution in [3.8, 4) is 5.75 Å². The maximum absolute atomic E-state index is 12.8. The molecular weight excluding hydrogens is 506 g/mol. The second-order valence-electron chi connectivity index (χ2n) is 9.38. The molecule has 0 aliphatic rings. The van der Waals surface area contributed by atoms with E-state index >= 15 is 0 Å². The summed E-state index contributed by atoms with van der Waals surface area (Å²) >= 11 is 6.16. The molecule has 38 heavy (non-hydrogen) atoms. The molecule has 9 heteroatoms. The Hall–Kier alpha value is -3.88. The van der Waals surface area contributed by atoms with E-state index in [0.717, 1.165) is 16.7 Å². The molecule has 1 atom stereocenters. The van der Waals surface area contributed by atoms with Gasteiger partial charge < -0.3 is 19.5 Å². The van der Waals surface area contributed by atoms with E-state index in [0.29, 0.717) is 17.4 Å². The molecule has 3 aromatic carbocycles. The Kier molecular flexibility index (Phi) is 10.7. The Morgan fingerprint density at radius 2 is 1.63 bits per heavy atom. The van der Waals surface area contributed by atoms with Gasteiger partial charge in [0.2, 0.25) is 0 Å². The van der Waals surface area contributed by atoms with E-state index < -0.39 is 23.6 Å². The van der Waals surface area contributed by atoms with Crippen molar-refractivity contribution >= 4 is 29.8 Å². The summed E-state index contributed by atoms with van der Waals surface area (Å²) in [6, 6.07) is 23.2. The minimum atomic E-state index is -1.01. The minimum Gasteiger partial charge on any atom is -0.489 e. The Bertz CT molecular complexity index is 1210. The third-order valence-electron chi connectivity index (χ3n) is 5.02. The Morgan fingerprint density at radius 3 is 2.32 bits per heavy atom. The van der Waals surface area contributed by atoms with Crippen molar-refractivity contribution in [2.24, 2.45) is 5.10 Å². The Morgan fingerprint density at radius 1 is 0.947 bits per heavy atom. The van der Waals surface area contributed by atoms with Gasteiger partial charge in [0.05, 0.1) is 19.4 Å². The number of halogens is 1. The number of nitrogens with zero attached hydrogens (tertiary/aromatic N) is 1. The molecule has 200 valence electrons. The normalized spacial score (nSPS) is 12.1. The predicted octanol–water partition coefficient (Wildman–Crippen LogP) is 5.48. The van der Waals surface area contributed by atoms with Crippen LogP contribution in [0.25, 0.3) is 0 Å². The number of hydrazone groups is 1. The van der Waals surface area contributed by atoms with Gasteiger partial charge in [0, 0.05) is 10.6 Å². The van der Waals surface area contributed by atoms with Crippen molar-refractivity contribution in [1.82, 2.24) is 10.7 Å². The number of hydrogen-bond acceptors (Lipinski definition) is 6. The summed E-state index contributed by atoms with van der Waals surface area (Å²) in [5.41, 5.74) is 4.32. The molecule has 0 heterocycles. The number of nitrogens with one attached hydrogen (secondary N) is 2. The largest absolute Gasteiger partial charge is 0.489 e. The maximum atomic E-state index is 12.8. The van der Waals surface area contributed by atoms with Gasteiger partial charge in [-0.3, -0.25) is 4.79 Å². The second kappa shape index (κ2) is 14.2. The van der Waals surface area contributed by atoms with Crippen LogP contribution in [0.2, 0.25) is 5.02 Å². The molecule has 3 aromatic rings. The van der Waals surface area contributed by atoms with Gasteiger partial charge in [-0.2, -0.15) is 5.10 Å². The van der Waals surface area contributed by atoms with Crippen molar-refractivity contribution in [2.75, 3.05) is 6.61 Å². The highest BCUT2D eigenvalue weighted by Gasteiger charge is 2.24. The van der Waals surface area contributed by atoms with Gasteiger partial charge in [0.15, 0.2) is 0 Å². The van der Waals surface area contributed by atoms with Crippen molar-refractivity contribution in [3.63, 3.8) is 0 Å². The van der Waals surface area contributed by atoms with Gasteiger partial charge in [0.1, 0.15) is 24.0 Å². The first-order valence-corrected chi connectivity index (χ1v) is 12.5. The molecule has 0 unspecified atom stereocenters. The van der Waals surface area contributed by atoms with Crippen LogP contribution in [-0.4, -0.2) is 36.5 Å². The lowest BCUT2D eigenvalue weighted by atomic mass is 10.2. The summed E-state index contributed by atoms with van der Waals surface area (Å²) in [5, 5.41) is 7.21. The molecular formula is C29H32ClN3O5. The van der Waals surface area contributed by atoms with E-state index in [1.807, 2.05) is 54.6 Å². The van der Waals surface area contributed by atoms with Crippen molar-refractivity contribution in [2.45, 2.75) is 45.6 Å². The SMILES string of the molecule is CC(C)(C)OC(=O)N[C@@H](COCc1ccccc1)C(=O)N/N=C\c1ccc(OCc2ccccc2Cl)cc1. The van der Waals surface area contributed by atoms with Crippen LogP contribution in [0.3, 0.4) is 0 Å². The van der Waals surface area contributed by atoms with Crippen LogP contribution in [0.15, 0.2) is 84.0 Å². The first-order valence-electron chi connectivity index (χ1n) is 12.1. The fraction of sp³-hybridized carbons (Fsp3) is 0.276. The molecule has 0 aromatic heterocycles. The molecule has 0 aliphatic carbocycles. The number of benzene rings is 3. The van der Waals surface area contributed by atoms with Crippen LogP contribution >= 0.6 is 11.6 Å². The third-order valence-corrected chi connectivity index (χ3v) is 5.39. The molecule has 0 radical (unpaired) electrons. The second-order valence-corrected chi connectivity index (χ2v) is 9.79. The highest BCUT2D eigenvalue weighted by atomic mass is 35.5. The zero-order valence-electron chi connectivity index (χ0n) is 21.6. The molecule has 3 rings (SSSR count). The fourth-order valence-corrected chi connectivity index (χ4v) is 3.37. The number of carbonyl (C=O) groups is 2. The van der Waals surface area contributed by atoms with Gasteiger partial charge >= 0.3 is 6.09 Å². The fourth-order valence-electron chi connectivity index (χ4n) is 3.18. The topological polar surface area (TPSA) is 98.2 Å². The van der Waals surface area contributed by atoms with E-state index in [1.54, 1.807) is 45.0 Å². The maximum Gasteiger partial charge on any atom is 0.408 e. The van der Waals surface area contributed by atoms with Gasteiger partial charge in [-0.15, -0.1) is 0 Å². The zero-order valence-corrected chi connectivity index (χ0v) is 22.4. The average molecular weight is 538 g/mol. The predicted molar refractivity (Wildman–Crippen MR) is 147 cm³/mol. The molecule has 2 N–H and O–H groups in total. The van der Waals surface area contributed by atoms with Crippen molar-refractivity contribution in [1.29, 1.82) is 0 Å². The summed E-state index contributed by atoms with van der Waals surface area (Å²) < 4.78 is 16.7. The molecule has 0 saturated carbocycles. The highest BCUT2D eigenvalue weighted by Crippen LogP contribution is 2.18. The lowest BCUT2D eigenvalue weighted by molar-refractivity contribution is -0.124. The van der Waals surface area contributed by atoms with Gasteiger partial charge in [-0.25, -0.2) is 10.2 Å². The number of hydrogen-bond donors (Lipinski definition) is 2. The molecule has 8 nitrogen and oxygen atoms in total. The third kappa shape index (κ3) is 10.2. The quantitative estimate of drug-likeness (QED) is 0.249. The monoisotopic (exact) mass is 537 g/mol. The first kappa shape index (κ1) is 28.7. The van der Waals surface area contributed by atoms with Crippen LogP contribution in [-0.2, 0) is 27.5 Å². The van der Waals surface area contributed by atoms with E-state index in [-0.39, 0.29) is 13.2 Å². The van der Waals surface area contributed by atoms with Crippen LogP contribution in [0, 0.1) is 0 Å². The number of ether oxygens (including phenoxy) is 3. The van der Waals surface area contributed by atoms with Gasteiger partial charge in [-0.1, -0.05) is 60.1 Å². The standard InChI is InChI=1S/C29H32ClN3O5/c1-29(2,3)38-28(35)32-26(20-36-18-22-9-5-4-6-10-22)27(34)33-31-17-21-13-15-24(16-14-21)37-19-23-11-7-8-12-25(23)30/h4-17,26H,18-20H2,1-3H3,(H,32,35)(H,33,34)/b31-17-/t26-/m0/s1.